The third-order valence-electron chi connectivity index (χ3n) is 3.62. The Hall–Kier alpha value is -0.380. The van der Waals surface area contributed by atoms with Gasteiger partial charge in [0, 0.05) is 17.5 Å². The van der Waals surface area contributed by atoms with Crippen molar-refractivity contribution in [3.63, 3.8) is 0 Å². The monoisotopic (exact) mass is 238 g/mol. The largest absolute Gasteiger partial charge is 0.317 e. The molecule has 0 bridgehead atoms. The second-order valence-electron chi connectivity index (χ2n) is 4.82. The predicted molar refractivity (Wildman–Crippen MR) is 71.0 cm³/mol. The Balaban J connectivity index is 1.84. The highest BCUT2D eigenvalue weighted by Gasteiger charge is 2.19. The lowest BCUT2D eigenvalue weighted by Crippen LogP contribution is -2.35. The molecule has 1 aromatic heterocycles. The van der Waals surface area contributed by atoms with Gasteiger partial charge in [0.05, 0.1) is 0 Å². The molecule has 1 atom stereocenters. The highest BCUT2D eigenvalue weighted by Crippen LogP contribution is 2.25. The van der Waals surface area contributed by atoms with Gasteiger partial charge in [-0.1, -0.05) is 6.07 Å². The van der Waals surface area contributed by atoms with E-state index in [1.54, 1.807) is 0 Å². The summed E-state index contributed by atoms with van der Waals surface area (Å²) in [6.07, 6.45) is 2.67. The van der Waals surface area contributed by atoms with Crippen molar-refractivity contribution in [2.45, 2.75) is 25.8 Å². The molecule has 1 unspecified atom stereocenters. The van der Waals surface area contributed by atoms with Gasteiger partial charge in [0.15, 0.2) is 0 Å². The van der Waals surface area contributed by atoms with E-state index < -0.39 is 0 Å². The fraction of sp³-hybridized carbons (Fsp3) is 0.692. The predicted octanol–water partition coefficient (Wildman–Crippen LogP) is 2.74. The van der Waals surface area contributed by atoms with Crippen molar-refractivity contribution in [3.05, 3.63) is 22.4 Å². The summed E-state index contributed by atoms with van der Waals surface area (Å²) in [6.45, 7) is 5.95. The fourth-order valence-corrected chi connectivity index (χ4v) is 3.22. The maximum atomic E-state index is 3.43. The van der Waals surface area contributed by atoms with E-state index in [-0.39, 0.29) is 0 Å². The van der Waals surface area contributed by atoms with Gasteiger partial charge in [0.2, 0.25) is 0 Å². The van der Waals surface area contributed by atoms with E-state index in [2.05, 4.69) is 41.7 Å². The quantitative estimate of drug-likeness (QED) is 0.867. The number of rotatable bonds is 4. The number of nitrogens with one attached hydrogen (secondary N) is 1. The third kappa shape index (κ3) is 3.06. The minimum absolute atomic E-state index is 0.565. The van der Waals surface area contributed by atoms with E-state index in [0.29, 0.717) is 6.04 Å². The van der Waals surface area contributed by atoms with Crippen molar-refractivity contribution in [1.82, 2.24) is 10.2 Å². The summed E-state index contributed by atoms with van der Waals surface area (Å²) in [5.41, 5.74) is 0. The first-order chi connectivity index (χ1) is 7.77. The average Bonchev–Trinajstić information content (AvgIpc) is 2.83. The maximum absolute atomic E-state index is 3.43. The average molecular weight is 238 g/mol. The van der Waals surface area contributed by atoms with Crippen LogP contribution < -0.4 is 5.32 Å². The van der Waals surface area contributed by atoms with Crippen molar-refractivity contribution in [2.24, 2.45) is 5.92 Å². The summed E-state index contributed by atoms with van der Waals surface area (Å²) in [6, 6.07) is 4.96. The van der Waals surface area contributed by atoms with Crippen LogP contribution in [-0.4, -0.2) is 31.6 Å². The van der Waals surface area contributed by atoms with Crippen LogP contribution in [0.15, 0.2) is 17.5 Å². The zero-order valence-corrected chi connectivity index (χ0v) is 11.1. The zero-order valence-electron chi connectivity index (χ0n) is 10.3. The van der Waals surface area contributed by atoms with Crippen LogP contribution in [0.25, 0.3) is 0 Å². The van der Waals surface area contributed by atoms with E-state index >= 15 is 0 Å². The molecule has 1 fully saturated rings. The minimum Gasteiger partial charge on any atom is -0.317 e. The van der Waals surface area contributed by atoms with Crippen molar-refractivity contribution in [2.75, 3.05) is 26.7 Å². The van der Waals surface area contributed by atoms with Gasteiger partial charge in [0.1, 0.15) is 0 Å². The van der Waals surface area contributed by atoms with Gasteiger partial charge in [-0.3, -0.25) is 4.90 Å². The number of hydrogen-bond donors (Lipinski definition) is 1. The summed E-state index contributed by atoms with van der Waals surface area (Å²) in [5, 5.41) is 5.60. The highest BCUT2D eigenvalue weighted by molar-refractivity contribution is 7.10. The minimum atomic E-state index is 0.565. The lowest BCUT2D eigenvalue weighted by atomic mass is 9.97. The van der Waals surface area contributed by atoms with E-state index in [1.807, 2.05) is 11.3 Å². The van der Waals surface area contributed by atoms with E-state index in [4.69, 9.17) is 0 Å². The summed E-state index contributed by atoms with van der Waals surface area (Å²) in [4.78, 5) is 3.98. The second-order valence-corrected chi connectivity index (χ2v) is 5.80. The summed E-state index contributed by atoms with van der Waals surface area (Å²) in [5.74, 6) is 0.883. The molecule has 0 aliphatic carbocycles. The summed E-state index contributed by atoms with van der Waals surface area (Å²) in [7, 11) is 2.26. The van der Waals surface area contributed by atoms with Crippen LogP contribution in [0.2, 0.25) is 0 Å². The zero-order chi connectivity index (χ0) is 11.4. The molecule has 90 valence electrons. The molecule has 0 aromatic carbocycles. The molecule has 1 aliphatic heterocycles. The molecule has 3 heteroatoms. The molecule has 1 aliphatic rings. The number of nitrogens with zero attached hydrogens (tertiary/aromatic N) is 1. The Bertz CT molecular complexity index is 291. The van der Waals surface area contributed by atoms with Gasteiger partial charge >= 0.3 is 0 Å². The topological polar surface area (TPSA) is 15.3 Å². The molecular weight excluding hydrogens is 216 g/mol. The van der Waals surface area contributed by atoms with Gasteiger partial charge in [0.25, 0.3) is 0 Å². The van der Waals surface area contributed by atoms with Gasteiger partial charge in [-0.25, -0.2) is 0 Å². The number of hydrogen-bond acceptors (Lipinski definition) is 3. The van der Waals surface area contributed by atoms with Crippen molar-refractivity contribution in [1.29, 1.82) is 0 Å². The molecule has 0 saturated carbocycles. The number of thiophene rings is 1. The standard InChI is InChI=1S/C13H22N2S/c1-11(13-4-3-9-16-13)15(2)10-12-5-7-14-8-6-12/h3-4,9,11-12,14H,5-8,10H2,1-2H3. The second kappa shape index (κ2) is 5.80. The third-order valence-corrected chi connectivity index (χ3v) is 4.66. The molecule has 0 spiro atoms. The summed E-state index contributed by atoms with van der Waals surface area (Å²) >= 11 is 1.87. The molecule has 0 amide bonds. The molecule has 1 aromatic rings. The maximum Gasteiger partial charge on any atom is 0.0410 e. The lowest BCUT2D eigenvalue weighted by Gasteiger charge is -2.30. The van der Waals surface area contributed by atoms with Crippen molar-refractivity contribution in [3.8, 4) is 0 Å². The smallest absolute Gasteiger partial charge is 0.0410 e. The first-order valence-electron chi connectivity index (χ1n) is 6.21. The lowest BCUT2D eigenvalue weighted by molar-refractivity contribution is 0.199. The molecule has 0 radical (unpaired) electrons. The molecule has 16 heavy (non-hydrogen) atoms. The fourth-order valence-electron chi connectivity index (χ4n) is 2.38. The Morgan fingerprint density at radius 3 is 2.88 bits per heavy atom. The molecule has 2 nitrogen and oxygen atoms in total. The first kappa shape index (κ1) is 12.1. The summed E-state index contributed by atoms with van der Waals surface area (Å²) < 4.78 is 0. The SMILES string of the molecule is CC(c1cccs1)N(C)CC1CCNCC1. The Morgan fingerprint density at radius 2 is 2.25 bits per heavy atom. The van der Waals surface area contributed by atoms with Crippen molar-refractivity contribution < 1.29 is 0 Å². The van der Waals surface area contributed by atoms with Gasteiger partial charge in [-0.2, -0.15) is 0 Å². The molecular formula is C13H22N2S. The Morgan fingerprint density at radius 1 is 1.50 bits per heavy atom. The van der Waals surface area contributed by atoms with Crippen LogP contribution in [0.5, 0.6) is 0 Å². The van der Waals surface area contributed by atoms with Crippen LogP contribution in [-0.2, 0) is 0 Å². The Kier molecular flexibility index (Phi) is 4.38. The van der Waals surface area contributed by atoms with Crippen molar-refractivity contribution >= 4 is 11.3 Å². The van der Waals surface area contributed by atoms with Gasteiger partial charge in [-0.15, -0.1) is 11.3 Å². The van der Waals surface area contributed by atoms with Gasteiger partial charge < -0.3 is 5.32 Å². The van der Waals surface area contributed by atoms with E-state index in [0.717, 1.165) is 5.92 Å². The van der Waals surface area contributed by atoms with Crippen LogP contribution in [0.4, 0.5) is 0 Å². The Labute approximate surface area is 103 Å². The van der Waals surface area contributed by atoms with Gasteiger partial charge in [-0.05, 0) is 57.3 Å². The highest BCUT2D eigenvalue weighted by atomic mass is 32.1. The van der Waals surface area contributed by atoms with Crippen LogP contribution >= 0.6 is 11.3 Å². The molecule has 1 N–H and O–H groups in total. The first-order valence-corrected chi connectivity index (χ1v) is 7.09. The van der Waals surface area contributed by atoms with Crippen LogP contribution in [0, 0.1) is 5.92 Å². The van der Waals surface area contributed by atoms with E-state index in [1.165, 1.54) is 37.4 Å². The van der Waals surface area contributed by atoms with Crippen LogP contribution in [0.1, 0.15) is 30.7 Å². The van der Waals surface area contributed by atoms with Crippen LogP contribution in [0.3, 0.4) is 0 Å². The molecule has 1 saturated heterocycles. The van der Waals surface area contributed by atoms with E-state index in [9.17, 15) is 0 Å². The molecule has 2 rings (SSSR count). The number of piperidine rings is 1. The normalized spacial score (nSPS) is 20.2. The molecule has 2 heterocycles.